The quantitative estimate of drug-likeness (QED) is 0.199. The van der Waals surface area contributed by atoms with Gasteiger partial charge in [-0.3, -0.25) is 23.2 Å². The first kappa shape index (κ1) is 31.1. The highest BCUT2D eigenvalue weighted by atomic mass is 31.2. The summed E-state index contributed by atoms with van der Waals surface area (Å²) in [4.78, 5) is 30.9. The number of nitrogens with one attached hydrogen (secondary N) is 1. The zero-order valence-electron chi connectivity index (χ0n) is 24.1. The average molecular weight is 571 g/mol. The number of nitrogens with two attached hydrogens (primary N) is 1. The summed E-state index contributed by atoms with van der Waals surface area (Å²) in [7, 11) is -3.98. The maximum atomic E-state index is 13.5. The second kappa shape index (κ2) is 12.0. The van der Waals surface area contributed by atoms with E-state index in [1.165, 1.54) is 0 Å². The number of hydrogen-bond acceptors (Lipinski definition) is 12. The predicted molar refractivity (Wildman–Crippen MR) is 145 cm³/mol. The standard InChI is InChI=1S/C26H43N4O8P/c1-8-18-9-10-19-21(29-20(18)27)30(14-28-19)13-26(11-12-26)36-17-39(33,37-15-34-22(31)24(2,3)4)38-16-35-23(32)25(5,6)7/h10,28H,8-9,11-17,27H2,1-7H3. The van der Waals surface area contributed by atoms with Crippen molar-refractivity contribution in [3.63, 3.8) is 0 Å². The number of carbonyl (C=O) groups excluding carboxylic acids is 2. The van der Waals surface area contributed by atoms with Crippen LogP contribution in [0.2, 0.25) is 0 Å². The third kappa shape index (κ3) is 8.54. The fourth-order valence-electron chi connectivity index (χ4n) is 3.70. The van der Waals surface area contributed by atoms with Gasteiger partial charge in [0, 0.05) is 0 Å². The van der Waals surface area contributed by atoms with Crippen molar-refractivity contribution in [2.75, 3.05) is 33.1 Å². The number of ether oxygens (including phenoxy) is 3. The lowest BCUT2D eigenvalue weighted by Gasteiger charge is -2.27. The van der Waals surface area contributed by atoms with Crippen molar-refractivity contribution in [3.05, 3.63) is 23.2 Å². The van der Waals surface area contributed by atoms with Gasteiger partial charge in [-0.2, -0.15) is 0 Å². The third-order valence-corrected chi connectivity index (χ3v) is 7.93. The van der Waals surface area contributed by atoms with Gasteiger partial charge in [-0.25, -0.2) is 4.99 Å². The normalized spacial score (nSPS) is 19.0. The van der Waals surface area contributed by atoms with Crippen molar-refractivity contribution in [1.82, 2.24) is 10.2 Å². The molecule has 0 aromatic carbocycles. The summed E-state index contributed by atoms with van der Waals surface area (Å²) in [6.45, 7) is 12.0. The van der Waals surface area contributed by atoms with Gasteiger partial charge in [-0.1, -0.05) is 13.0 Å². The highest BCUT2D eigenvalue weighted by Gasteiger charge is 2.49. The molecule has 1 aliphatic carbocycles. The highest BCUT2D eigenvalue weighted by Crippen LogP contribution is 2.52. The Hall–Kier alpha value is -2.40. The molecule has 2 aliphatic heterocycles. The maximum Gasteiger partial charge on any atom is 0.361 e. The van der Waals surface area contributed by atoms with E-state index in [2.05, 4.69) is 23.3 Å². The number of esters is 2. The van der Waals surface area contributed by atoms with E-state index >= 15 is 0 Å². The lowest BCUT2D eigenvalue weighted by molar-refractivity contribution is -0.162. The molecule has 2 heterocycles. The molecular weight excluding hydrogens is 527 g/mol. The van der Waals surface area contributed by atoms with Crippen molar-refractivity contribution < 1.29 is 37.4 Å². The summed E-state index contributed by atoms with van der Waals surface area (Å²) in [5.74, 6) is 0.229. The van der Waals surface area contributed by atoms with Gasteiger partial charge >= 0.3 is 19.5 Å². The van der Waals surface area contributed by atoms with Crippen molar-refractivity contribution in [1.29, 1.82) is 0 Å². The summed E-state index contributed by atoms with van der Waals surface area (Å²) in [6, 6.07) is 0. The number of aliphatic imine (C=N–C) groups is 1. The lowest BCUT2D eigenvalue weighted by Crippen LogP contribution is -2.37. The number of allylic oxidation sites excluding steroid dienone is 2. The van der Waals surface area contributed by atoms with E-state index in [0.717, 1.165) is 42.8 Å². The van der Waals surface area contributed by atoms with Crippen LogP contribution in [-0.2, 0) is 37.4 Å². The number of rotatable bonds is 12. The van der Waals surface area contributed by atoms with Crippen LogP contribution in [-0.4, -0.2) is 61.4 Å². The molecule has 1 saturated heterocycles. The lowest BCUT2D eigenvalue weighted by atomic mass is 9.98. The second-order valence-corrected chi connectivity index (χ2v) is 14.1. The van der Waals surface area contributed by atoms with Crippen LogP contribution in [0.4, 0.5) is 0 Å². The molecule has 0 unspecified atom stereocenters. The van der Waals surface area contributed by atoms with E-state index in [1.54, 1.807) is 41.5 Å². The average Bonchev–Trinajstić information content (AvgIpc) is 3.55. The van der Waals surface area contributed by atoms with Gasteiger partial charge in [0.05, 0.1) is 35.3 Å². The largest absolute Gasteiger partial charge is 0.438 e. The maximum absolute atomic E-state index is 13.5. The van der Waals surface area contributed by atoms with Gasteiger partial charge in [-0.05, 0) is 72.8 Å². The zero-order chi connectivity index (χ0) is 29.1. The molecule has 1 saturated carbocycles. The molecule has 0 atom stereocenters. The summed E-state index contributed by atoms with van der Waals surface area (Å²) in [5.41, 5.74) is 6.11. The minimum atomic E-state index is -3.98. The number of nitrogens with zero attached hydrogens (tertiary/aromatic N) is 2. The Kier molecular flexibility index (Phi) is 9.58. The predicted octanol–water partition coefficient (Wildman–Crippen LogP) is 3.94. The molecule has 0 bridgehead atoms. The minimum Gasteiger partial charge on any atom is -0.438 e. The fourth-order valence-corrected chi connectivity index (χ4v) is 4.78. The molecule has 3 aliphatic rings. The van der Waals surface area contributed by atoms with Gasteiger partial charge < -0.3 is 30.2 Å². The highest BCUT2D eigenvalue weighted by molar-refractivity contribution is 7.53. The van der Waals surface area contributed by atoms with Crippen molar-refractivity contribution in [2.45, 2.75) is 79.8 Å². The van der Waals surface area contributed by atoms with Gasteiger partial charge in [0.2, 0.25) is 13.6 Å². The van der Waals surface area contributed by atoms with Crippen molar-refractivity contribution in [2.24, 2.45) is 21.6 Å². The van der Waals surface area contributed by atoms with Crippen molar-refractivity contribution >= 4 is 25.4 Å². The van der Waals surface area contributed by atoms with Crippen molar-refractivity contribution in [3.8, 4) is 0 Å². The number of amidine groups is 1. The molecule has 0 aromatic heterocycles. The summed E-state index contributed by atoms with van der Waals surface area (Å²) in [6.07, 6.45) is 4.71. The fraction of sp³-hybridized carbons (Fsp3) is 0.731. The molecule has 0 aromatic rings. The smallest absolute Gasteiger partial charge is 0.361 e. The van der Waals surface area contributed by atoms with Crippen LogP contribution in [0.3, 0.4) is 0 Å². The van der Waals surface area contributed by atoms with Gasteiger partial charge in [0.25, 0.3) is 0 Å². The first-order valence-electron chi connectivity index (χ1n) is 13.2. The molecule has 3 N–H and O–H groups in total. The Bertz CT molecular complexity index is 1050. The summed E-state index contributed by atoms with van der Waals surface area (Å²) in [5, 5.41) is 3.36. The first-order valence-corrected chi connectivity index (χ1v) is 14.9. The Labute approximate surface area is 230 Å². The molecule has 0 amide bonds. The molecule has 12 nitrogen and oxygen atoms in total. The third-order valence-electron chi connectivity index (χ3n) is 6.49. The number of fused-ring (bicyclic) bond motifs is 1. The molecule has 0 spiro atoms. The molecule has 220 valence electrons. The van der Waals surface area contributed by atoms with E-state index in [1.807, 2.05) is 4.90 Å². The van der Waals surface area contributed by atoms with E-state index in [0.29, 0.717) is 19.0 Å². The Balaban J connectivity index is 1.64. The monoisotopic (exact) mass is 570 g/mol. The van der Waals surface area contributed by atoms with Gasteiger partial charge in [0.1, 0.15) is 12.2 Å². The molecule has 13 heteroatoms. The van der Waals surface area contributed by atoms with E-state index < -0.39 is 55.9 Å². The van der Waals surface area contributed by atoms with Crippen LogP contribution in [0.5, 0.6) is 0 Å². The molecule has 39 heavy (non-hydrogen) atoms. The van der Waals surface area contributed by atoms with E-state index in [4.69, 9.17) is 29.0 Å². The Morgan fingerprint density at radius 3 is 2.13 bits per heavy atom. The van der Waals surface area contributed by atoms with E-state index in [-0.39, 0.29) is 0 Å². The van der Waals surface area contributed by atoms with Crippen LogP contribution in [0, 0.1) is 10.8 Å². The van der Waals surface area contributed by atoms with E-state index in [9.17, 15) is 14.2 Å². The Morgan fingerprint density at radius 2 is 1.64 bits per heavy atom. The number of hydrogen-bond donors (Lipinski definition) is 2. The summed E-state index contributed by atoms with van der Waals surface area (Å²) >= 11 is 0. The molecule has 0 radical (unpaired) electrons. The zero-order valence-corrected chi connectivity index (χ0v) is 25.0. The van der Waals surface area contributed by atoms with Gasteiger partial charge in [0.15, 0.2) is 5.84 Å². The van der Waals surface area contributed by atoms with Crippen LogP contribution in [0.1, 0.15) is 74.1 Å². The molecule has 3 rings (SSSR count). The second-order valence-electron chi connectivity index (χ2n) is 12.1. The topological polar surface area (TPSA) is 151 Å². The SMILES string of the molecule is CCC1=C(N)N=C2C(=CC1)NCN2CC1(OCP(=O)(OCOC(=O)C(C)(C)C)OCOC(=O)C(C)(C)C)CC1. The minimum absolute atomic E-state index is 0.411. The van der Waals surface area contributed by atoms with Crippen LogP contribution < -0.4 is 11.1 Å². The number of carbonyl (C=O) groups is 2. The van der Waals surface area contributed by atoms with Crippen LogP contribution >= 0.6 is 7.60 Å². The van der Waals surface area contributed by atoms with Crippen LogP contribution in [0.15, 0.2) is 28.2 Å². The molecular formula is C26H43N4O8P. The first-order chi connectivity index (χ1) is 18.1. The Morgan fingerprint density at radius 1 is 1.08 bits per heavy atom. The summed E-state index contributed by atoms with van der Waals surface area (Å²) < 4.78 is 40.6. The molecule has 2 fully saturated rings. The van der Waals surface area contributed by atoms with Gasteiger partial charge in [-0.15, -0.1) is 0 Å². The van der Waals surface area contributed by atoms with Crippen LogP contribution in [0.25, 0.3) is 0 Å².